The van der Waals surface area contributed by atoms with Gasteiger partial charge in [-0.15, -0.1) is 0 Å². The van der Waals surface area contributed by atoms with Gasteiger partial charge >= 0.3 is 0 Å². The van der Waals surface area contributed by atoms with E-state index in [2.05, 4.69) is 33.1 Å². The molecule has 0 fully saturated rings. The van der Waals surface area contributed by atoms with Gasteiger partial charge in [-0.1, -0.05) is 12.2 Å². The molecule has 0 spiro atoms. The van der Waals surface area contributed by atoms with Crippen molar-refractivity contribution in [2.45, 2.75) is 32.2 Å². The zero-order chi connectivity index (χ0) is 14.8. The monoisotopic (exact) mass is 294 g/mol. The number of rotatable bonds is 3. The van der Waals surface area contributed by atoms with Crippen molar-refractivity contribution in [3.63, 3.8) is 0 Å². The molecule has 1 aliphatic heterocycles. The summed E-state index contributed by atoms with van der Waals surface area (Å²) in [7, 11) is 0. The molecule has 1 atom stereocenters. The van der Waals surface area contributed by atoms with Gasteiger partial charge in [0.1, 0.15) is 5.82 Å². The molecule has 0 aromatic carbocycles. The molecule has 0 bridgehead atoms. The second-order valence-electron chi connectivity index (χ2n) is 6.39. The van der Waals surface area contributed by atoms with Crippen LogP contribution in [0.15, 0.2) is 36.7 Å². The lowest BCUT2D eigenvalue weighted by Crippen LogP contribution is -2.34. The summed E-state index contributed by atoms with van der Waals surface area (Å²) in [6.07, 6.45) is 13.2. The van der Waals surface area contributed by atoms with Crippen LogP contribution >= 0.6 is 0 Å². The van der Waals surface area contributed by atoms with Crippen molar-refractivity contribution in [3.8, 4) is 11.4 Å². The van der Waals surface area contributed by atoms with Gasteiger partial charge in [0.05, 0.1) is 11.4 Å². The van der Waals surface area contributed by atoms with Gasteiger partial charge in [0.15, 0.2) is 0 Å². The Balaban J connectivity index is 1.47. The van der Waals surface area contributed by atoms with E-state index in [4.69, 9.17) is 4.98 Å². The fourth-order valence-electron chi connectivity index (χ4n) is 3.53. The first-order valence-electron chi connectivity index (χ1n) is 8.24. The van der Waals surface area contributed by atoms with Crippen LogP contribution in [0.5, 0.6) is 0 Å². The van der Waals surface area contributed by atoms with Gasteiger partial charge in [-0.3, -0.25) is 9.88 Å². The molecule has 0 amide bonds. The molecule has 0 unspecified atom stereocenters. The van der Waals surface area contributed by atoms with Crippen LogP contribution in [-0.2, 0) is 13.0 Å². The first-order valence-corrected chi connectivity index (χ1v) is 8.24. The normalized spacial score (nSPS) is 21.7. The quantitative estimate of drug-likeness (QED) is 0.884. The number of nitrogens with zero attached hydrogens (tertiary/aromatic N) is 3. The second kappa shape index (κ2) is 6.05. The van der Waals surface area contributed by atoms with E-state index in [1.54, 1.807) is 6.20 Å². The molecule has 1 aliphatic carbocycles. The van der Waals surface area contributed by atoms with Crippen LogP contribution in [0.2, 0.25) is 0 Å². The number of hydrogen-bond donors (Lipinski definition) is 1. The fraction of sp³-hybridized carbons (Fsp3) is 0.444. The van der Waals surface area contributed by atoms with Gasteiger partial charge in [-0.25, -0.2) is 4.98 Å². The van der Waals surface area contributed by atoms with Crippen molar-refractivity contribution in [3.05, 3.63) is 48.1 Å². The highest BCUT2D eigenvalue weighted by atomic mass is 15.2. The van der Waals surface area contributed by atoms with Crippen molar-refractivity contribution in [2.75, 3.05) is 13.1 Å². The predicted molar refractivity (Wildman–Crippen MR) is 87.3 cm³/mol. The van der Waals surface area contributed by atoms with Gasteiger partial charge in [-0.2, -0.15) is 0 Å². The Hall–Kier alpha value is -1.94. The number of nitrogens with one attached hydrogen (secondary N) is 1. The largest absolute Gasteiger partial charge is 0.340 e. The average molecular weight is 294 g/mol. The minimum absolute atomic E-state index is 0.826. The molecular formula is C18H22N4. The van der Waals surface area contributed by atoms with Crippen molar-refractivity contribution in [1.82, 2.24) is 19.9 Å². The van der Waals surface area contributed by atoms with E-state index in [1.165, 1.54) is 37.2 Å². The summed E-state index contributed by atoms with van der Waals surface area (Å²) in [6, 6.07) is 4.02. The van der Waals surface area contributed by atoms with Crippen LogP contribution in [0.3, 0.4) is 0 Å². The molecule has 3 heterocycles. The number of aromatic nitrogens is 3. The molecule has 2 aromatic rings. The van der Waals surface area contributed by atoms with Crippen LogP contribution < -0.4 is 0 Å². The predicted octanol–water partition coefficient (Wildman–Crippen LogP) is 3.19. The lowest BCUT2D eigenvalue weighted by molar-refractivity contribution is 0.203. The first-order chi connectivity index (χ1) is 10.9. The standard InChI is InChI=1S/C18H22N4/c1-2-5-14(6-3-1)12-22-10-8-16-17(13-22)21-18(20-16)15-7-4-9-19-11-15/h1-2,4,7,9,11,14H,3,5-6,8,10,12-13H2,(H,20,21)/t14-/m1/s1. The van der Waals surface area contributed by atoms with E-state index in [0.29, 0.717) is 0 Å². The number of pyridine rings is 1. The molecule has 4 rings (SSSR count). The van der Waals surface area contributed by atoms with Crippen LogP contribution in [0.25, 0.3) is 11.4 Å². The number of aromatic amines is 1. The molecule has 1 N–H and O–H groups in total. The molecule has 114 valence electrons. The summed E-state index contributed by atoms with van der Waals surface area (Å²) in [5, 5.41) is 0. The lowest BCUT2D eigenvalue weighted by Gasteiger charge is -2.30. The van der Waals surface area contributed by atoms with E-state index in [-0.39, 0.29) is 0 Å². The Kier molecular flexibility index (Phi) is 3.77. The Labute approximate surface area is 131 Å². The smallest absolute Gasteiger partial charge is 0.139 e. The maximum absolute atomic E-state index is 4.77. The minimum atomic E-state index is 0.826. The molecule has 4 nitrogen and oxygen atoms in total. The maximum atomic E-state index is 4.77. The molecule has 0 saturated heterocycles. The van der Waals surface area contributed by atoms with Crippen molar-refractivity contribution in [1.29, 1.82) is 0 Å². The molecule has 22 heavy (non-hydrogen) atoms. The average Bonchev–Trinajstić information content (AvgIpc) is 3.00. The third kappa shape index (κ3) is 2.83. The summed E-state index contributed by atoms with van der Waals surface area (Å²) in [5.41, 5.74) is 3.59. The summed E-state index contributed by atoms with van der Waals surface area (Å²) in [4.78, 5) is 15.0. The van der Waals surface area contributed by atoms with Gasteiger partial charge in [-0.05, 0) is 37.3 Å². The highest BCUT2D eigenvalue weighted by Gasteiger charge is 2.23. The Morgan fingerprint density at radius 3 is 3.14 bits per heavy atom. The SMILES string of the molecule is C1=CC[C@@H](CN2CCc3nc(-c4cccnc4)[nH]c3C2)CC1. The Morgan fingerprint density at radius 1 is 1.32 bits per heavy atom. The zero-order valence-electron chi connectivity index (χ0n) is 12.8. The minimum Gasteiger partial charge on any atom is -0.340 e. The maximum Gasteiger partial charge on any atom is 0.139 e. The highest BCUT2D eigenvalue weighted by molar-refractivity contribution is 5.54. The van der Waals surface area contributed by atoms with Gasteiger partial charge < -0.3 is 4.98 Å². The first kappa shape index (κ1) is 13.7. The summed E-state index contributed by atoms with van der Waals surface area (Å²) >= 11 is 0. The number of H-pyrrole nitrogens is 1. The van der Waals surface area contributed by atoms with Crippen LogP contribution in [0.4, 0.5) is 0 Å². The van der Waals surface area contributed by atoms with Gasteiger partial charge in [0, 0.05) is 44.0 Å². The van der Waals surface area contributed by atoms with E-state index in [9.17, 15) is 0 Å². The lowest BCUT2D eigenvalue weighted by atomic mass is 9.93. The fourth-order valence-corrected chi connectivity index (χ4v) is 3.53. The number of imidazole rings is 1. The van der Waals surface area contributed by atoms with Crippen molar-refractivity contribution in [2.24, 2.45) is 5.92 Å². The van der Waals surface area contributed by atoms with Crippen molar-refractivity contribution >= 4 is 0 Å². The zero-order valence-corrected chi connectivity index (χ0v) is 12.8. The number of fused-ring (bicyclic) bond motifs is 1. The molecule has 4 heteroatoms. The highest BCUT2D eigenvalue weighted by Crippen LogP contribution is 2.25. The summed E-state index contributed by atoms with van der Waals surface area (Å²) < 4.78 is 0. The van der Waals surface area contributed by atoms with Crippen LogP contribution in [0.1, 0.15) is 30.7 Å². The molecule has 2 aliphatic rings. The summed E-state index contributed by atoms with van der Waals surface area (Å²) in [6.45, 7) is 3.35. The second-order valence-corrected chi connectivity index (χ2v) is 6.39. The van der Waals surface area contributed by atoms with Crippen molar-refractivity contribution < 1.29 is 0 Å². The van der Waals surface area contributed by atoms with E-state index in [1.807, 2.05) is 12.3 Å². The van der Waals surface area contributed by atoms with Gasteiger partial charge in [0.2, 0.25) is 0 Å². The molecule has 0 saturated carbocycles. The Bertz CT molecular complexity index is 659. The summed E-state index contributed by atoms with van der Waals surface area (Å²) in [5.74, 6) is 1.79. The van der Waals surface area contributed by atoms with E-state index >= 15 is 0 Å². The number of hydrogen-bond acceptors (Lipinski definition) is 3. The molecular weight excluding hydrogens is 272 g/mol. The van der Waals surface area contributed by atoms with E-state index < -0.39 is 0 Å². The number of allylic oxidation sites excluding steroid dienone is 2. The third-order valence-corrected chi connectivity index (χ3v) is 4.74. The van der Waals surface area contributed by atoms with Gasteiger partial charge in [0.25, 0.3) is 0 Å². The van der Waals surface area contributed by atoms with Crippen LogP contribution in [-0.4, -0.2) is 32.9 Å². The molecule has 0 radical (unpaired) electrons. The molecule has 2 aromatic heterocycles. The topological polar surface area (TPSA) is 44.8 Å². The van der Waals surface area contributed by atoms with Crippen LogP contribution in [0, 0.1) is 5.92 Å². The third-order valence-electron chi connectivity index (χ3n) is 4.74. The van der Waals surface area contributed by atoms with E-state index in [0.717, 1.165) is 36.8 Å². The Morgan fingerprint density at radius 2 is 2.32 bits per heavy atom.